The summed E-state index contributed by atoms with van der Waals surface area (Å²) in [5.41, 5.74) is 4.95. The number of hydrogen-bond donors (Lipinski definition) is 2. The monoisotopic (exact) mass is 284 g/mol. The lowest BCUT2D eigenvalue weighted by Crippen LogP contribution is -2.27. The molecule has 1 unspecified atom stereocenters. The minimum atomic E-state index is 0.177. The zero-order valence-electron chi connectivity index (χ0n) is 12.8. The highest BCUT2D eigenvalue weighted by Gasteiger charge is 2.09. The highest BCUT2D eigenvalue weighted by molar-refractivity contribution is 5.30. The van der Waals surface area contributed by atoms with E-state index in [4.69, 9.17) is 0 Å². The van der Waals surface area contributed by atoms with Gasteiger partial charge >= 0.3 is 0 Å². The summed E-state index contributed by atoms with van der Waals surface area (Å²) in [4.78, 5) is 4.32. The lowest BCUT2D eigenvalue weighted by atomic mass is 10.0. The van der Waals surface area contributed by atoms with E-state index in [2.05, 4.69) is 42.3 Å². The number of benzene rings is 1. The van der Waals surface area contributed by atoms with Crippen molar-refractivity contribution >= 4 is 0 Å². The third-order valence-corrected chi connectivity index (χ3v) is 3.73. The van der Waals surface area contributed by atoms with Gasteiger partial charge in [-0.05, 0) is 49.4 Å². The van der Waals surface area contributed by atoms with Crippen LogP contribution in [0.2, 0.25) is 0 Å². The zero-order valence-corrected chi connectivity index (χ0v) is 12.8. The van der Waals surface area contributed by atoms with Crippen LogP contribution in [0, 0.1) is 19.8 Å². The molecule has 2 N–H and O–H groups in total. The topological polar surface area (TPSA) is 45.1 Å². The number of pyridine rings is 1. The summed E-state index contributed by atoms with van der Waals surface area (Å²) in [5.74, 6) is 0.200. The predicted molar refractivity (Wildman–Crippen MR) is 86.1 cm³/mol. The van der Waals surface area contributed by atoms with E-state index in [0.29, 0.717) is 0 Å². The van der Waals surface area contributed by atoms with Gasteiger partial charge in [-0.15, -0.1) is 0 Å². The van der Waals surface area contributed by atoms with Gasteiger partial charge in [-0.2, -0.15) is 0 Å². The van der Waals surface area contributed by atoms with Gasteiger partial charge in [0.25, 0.3) is 0 Å². The van der Waals surface area contributed by atoms with Gasteiger partial charge < -0.3 is 10.4 Å². The standard InChI is InChI=1S/C18H24N2O/c1-14-6-7-17(15(2)9-14)12-19-11-16(13-21)10-18-5-3-4-8-20-18/h3-9,16,19,21H,10-13H2,1-2H3. The number of rotatable bonds is 7. The first-order chi connectivity index (χ1) is 10.2. The Labute approximate surface area is 127 Å². The number of aryl methyl sites for hydroxylation is 2. The second-order valence-corrected chi connectivity index (χ2v) is 5.63. The first-order valence-electron chi connectivity index (χ1n) is 7.46. The molecule has 0 spiro atoms. The van der Waals surface area contributed by atoms with E-state index in [1.165, 1.54) is 16.7 Å². The highest BCUT2D eigenvalue weighted by atomic mass is 16.3. The summed E-state index contributed by atoms with van der Waals surface area (Å²) < 4.78 is 0. The molecule has 1 aromatic heterocycles. The minimum absolute atomic E-state index is 0.177. The maximum absolute atomic E-state index is 9.51. The maximum Gasteiger partial charge on any atom is 0.0475 e. The number of aliphatic hydroxyl groups is 1. The van der Waals surface area contributed by atoms with Gasteiger partial charge in [0.05, 0.1) is 0 Å². The molecule has 2 aromatic rings. The summed E-state index contributed by atoms with van der Waals surface area (Å²) in [7, 11) is 0. The molecule has 3 heteroatoms. The average molecular weight is 284 g/mol. The molecule has 112 valence electrons. The molecule has 3 nitrogen and oxygen atoms in total. The fraction of sp³-hybridized carbons (Fsp3) is 0.389. The summed E-state index contributed by atoms with van der Waals surface area (Å²) in [6.07, 6.45) is 2.60. The van der Waals surface area contributed by atoms with Crippen LogP contribution in [0.5, 0.6) is 0 Å². The van der Waals surface area contributed by atoms with Gasteiger partial charge in [-0.3, -0.25) is 4.98 Å². The molecule has 0 radical (unpaired) electrons. The van der Waals surface area contributed by atoms with E-state index in [-0.39, 0.29) is 12.5 Å². The van der Waals surface area contributed by atoms with Gasteiger partial charge in [0.15, 0.2) is 0 Å². The van der Waals surface area contributed by atoms with Gasteiger partial charge in [0.1, 0.15) is 0 Å². The first kappa shape index (κ1) is 15.7. The largest absolute Gasteiger partial charge is 0.396 e. The van der Waals surface area contributed by atoms with Crippen LogP contribution < -0.4 is 5.32 Å². The molecular weight excluding hydrogens is 260 g/mol. The van der Waals surface area contributed by atoms with E-state index < -0.39 is 0 Å². The summed E-state index contributed by atoms with van der Waals surface area (Å²) in [5, 5.41) is 13.0. The SMILES string of the molecule is Cc1ccc(CNCC(CO)Cc2ccccn2)c(C)c1. The first-order valence-corrected chi connectivity index (χ1v) is 7.46. The Hall–Kier alpha value is -1.71. The Bertz CT molecular complexity index is 554. The van der Waals surface area contributed by atoms with Gasteiger partial charge in [-0.1, -0.05) is 29.8 Å². The number of aromatic nitrogens is 1. The summed E-state index contributed by atoms with van der Waals surface area (Å²) in [6, 6.07) is 12.4. The number of nitrogens with zero attached hydrogens (tertiary/aromatic N) is 1. The van der Waals surface area contributed by atoms with Gasteiger partial charge in [-0.25, -0.2) is 0 Å². The van der Waals surface area contributed by atoms with Crippen LogP contribution in [0.25, 0.3) is 0 Å². The molecule has 0 aliphatic heterocycles. The fourth-order valence-electron chi connectivity index (χ4n) is 2.47. The van der Waals surface area contributed by atoms with Crippen molar-refractivity contribution in [1.82, 2.24) is 10.3 Å². The second-order valence-electron chi connectivity index (χ2n) is 5.63. The van der Waals surface area contributed by atoms with Crippen molar-refractivity contribution in [3.8, 4) is 0 Å². The number of nitrogens with one attached hydrogen (secondary N) is 1. The van der Waals surface area contributed by atoms with Crippen molar-refractivity contribution in [2.75, 3.05) is 13.2 Å². The molecule has 1 aromatic carbocycles. The van der Waals surface area contributed by atoms with Crippen molar-refractivity contribution in [3.63, 3.8) is 0 Å². The summed E-state index contributed by atoms with van der Waals surface area (Å²) >= 11 is 0. The Balaban J connectivity index is 1.83. The van der Waals surface area contributed by atoms with Crippen LogP contribution in [-0.4, -0.2) is 23.2 Å². The molecule has 21 heavy (non-hydrogen) atoms. The van der Waals surface area contributed by atoms with Crippen molar-refractivity contribution in [3.05, 3.63) is 65.0 Å². The Morgan fingerprint density at radius 1 is 1.19 bits per heavy atom. The smallest absolute Gasteiger partial charge is 0.0475 e. The van der Waals surface area contributed by atoms with Crippen LogP contribution in [0.4, 0.5) is 0 Å². The molecule has 1 atom stereocenters. The molecule has 0 bridgehead atoms. The molecule has 0 aliphatic rings. The van der Waals surface area contributed by atoms with E-state index in [0.717, 1.165) is 25.2 Å². The van der Waals surface area contributed by atoms with Crippen LogP contribution in [0.3, 0.4) is 0 Å². The van der Waals surface area contributed by atoms with Gasteiger partial charge in [0.2, 0.25) is 0 Å². The molecule has 0 aliphatic carbocycles. The molecule has 2 rings (SSSR count). The number of hydrogen-bond acceptors (Lipinski definition) is 3. The van der Waals surface area contributed by atoms with Gasteiger partial charge in [0, 0.05) is 31.6 Å². The minimum Gasteiger partial charge on any atom is -0.396 e. The molecule has 0 saturated heterocycles. The maximum atomic E-state index is 9.51. The average Bonchev–Trinajstić information content (AvgIpc) is 2.49. The molecule has 1 heterocycles. The van der Waals surface area contributed by atoms with E-state index in [1.54, 1.807) is 6.20 Å². The predicted octanol–water partition coefficient (Wildman–Crippen LogP) is 2.64. The lowest BCUT2D eigenvalue weighted by molar-refractivity contribution is 0.220. The van der Waals surface area contributed by atoms with Crippen LogP contribution in [0.15, 0.2) is 42.6 Å². The van der Waals surface area contributed by atoms with Crippen molar-refractivity contribution in [2.45, 2.75) is 26.8 Å². The van der Waals surface area contributed by atoms with Crippen molar-refractivity contribution < 1.29 is 5.11 Å². The number of aliphatic hydroxyl groups excluding tert-OH is 1. The van der Waals surface area contributed by atoms with Crippen molar-refractivity contribution in [1.29, 1.82) is 0 Å². The van der Waals surface area contributed by atoms with Crippen LogP contribution >= 0.6 is 0 Å². The Kier molecular flexibility index (Phi) is 5.90. The highest BCUT2D eigenvalue weighted by Crippen LogP contribution is 2.11. The van der Waals surface area contributed by atoms with Crippen LogP contribution in [0.1, 0.15) is 22.4 Å². The third-order valence-electron chi connectivity index (χ3n) is 3.73. The molecule has 0 saturated carbocycles. The van der Waals surface area contributed by atoms with E-state index in [1.807, 2.05) is 18.2 Å². The second kappa shape index (κ2) is 7.91. The normalized spacial score (nSPS) is 12.3. The third kappa shape index (κ3) is 4.96. The Morgan fingerprint density at radius 2 is 2.05 bits per heavy atom. The summed E-state index contributed by atoms with van der Waals surface area (Å²) in [6.45, 7) is 6.06. The molecule has 0 fully saturated rings. The van der Waals surface area contributed by atoms with Crippen molar-refractivity contribution in [2.24, 2.45) is 5.92 Å². The zero-order chi connectivity index (χ0) is 15.1. The molecule has 0 amide bonds. The lowest BCUT2D eigenvalue weighted by Gasteiger charge is -2.15. The fourth-order valence-corrected chi connectivity index (χ4v) is 2.47. The van der Waals surface area contributed by atoms with E-state index >= 15 is 0 Å². The quantitative estimate of drug-likeness (QED) is 0.821. The molecular formula is C18H24N2O. The Morgan fingerprint density at radius 3 is 2.71 bits per heavy atom. The van der Waals surface area contributed by atoms with Crippen LogP contribution in [-0.2, 0) is 13.0 Å². The van der Waals surface area contributed by atoms with E-state index in [9.17, 15) is 5.11 Å².